The van der Waals surface area contributed by atoms with Gasteiger partial charge in [-0.1, -0.05) is 55.7 Å². The Kier molecular flexibility index (Phi) is 5.32. The first-order chi connectivity index (χ1) is 10.4. The van der Waals surface area contributed by atoms with Gasteiger partial charge in [0, 0.05) is 12.5 Å². The SMILES string of the molecule is C1CCN(C2CCCCC23CCO3)CC1.c1ccccc1. The van der Waals surface area contributed by atoms with E-state index >= 15 is 0 Å². The Morgan fingerprint density at radius 2 is 1.38 bits per heavy atom. The van der Waals surface area contributed by atoms with E-state index in [2.05, 4.69) is 4.90 Å². The molecule has 1 aromatic rings. The van der Waals surface area contributed by atoms with Gasteiger partial charge in [-0.2, -0.15) is 0 Å². The van der Waals surface area contributed by atoms with Gasteiger partial charge in [-0.25, -0.2) is 0 Å². The summed E-state index contributed by atoms with van der Waals surface area (Å²) in [6.07, 6.45) is 11.1. The van der Waals surface area contributed by atoms with E-state index in [1.807, 2.05) is 36.4 Å². The zero-order valence-corrected chi connectivity index (χ0v) is 13.2. The fourth-order valence-electron chi connectivity index (χ4n) is 4.15. The minimum Gasteiger partial charge on any atom is -0.373 e. The summed E-state index contributed by atoms with van der Waals surface area (Å²) in [7, 11) is 0. The maximum atomic E-state index is 5.98. The molecule has 0 aromatic heterocycles. The lowest BCUT2D eigenvalue weighted by Crippen LogP contribution is -2.62. The summed E-state index contributed by atoms with van der Waals surface area (Å²) >= 11 is 0. The standard InChI is InChI=1S/C13H23NO.C6H6/c1-4-9-14(10-5-1)12-6-2-3-7-13(12)8-11-15-13;1-2-4-6-5-3-1/h12H,1-11H2;1-6H. The molecule has 1 aromatic carbocycles. The number of rotatable bonds is 1. The molecular weight excluding hydrogens is 258 g/mol. The lowest BCUT2D eigenvalue weighted by atomic mass is 9.74. The number of benzene rings is 1. The van der Waals surface area contributed by atoms with Crippen molar-refractivity contribution in [3.63, 3.8) is 0 Å². The molecule has 1 spiro atoms. The lowest BCUT2D eigenvalue weighted by molar-refractivity contribution is -0.204. The molecule has 3 fully saturated rings. The molecule has 1 aliphatic carbocycles. The van der Waals surface area contributed by atoms with Gasteiger partial charge in [0.25, 0.3) is 0 Å². The van der Waals surface area contributed by atoms with Gasteiger partial charge in [0.15, 0.2) is 0 Å². The highest BCUT2D eigenvalue weighted by Crippen LogP contribution is 2.43. The smallest absolute Gasteiger partial charge is 0.0858 e. The molecule has 2 nitrogen and oxygen atoms in total. The summed E-state index contributed by atoms with van der Waals surface area (Å²) in [5.74, 6) is 0. The van der Waals surface area contributed by atoms with Crippen molar-refractivity contribution in [1.82, 2.24) is 4.90 Å². The summed E-state index contributed by atoms with van der Waals surface area (Å²) in [5, 5.41) is 0. The second-order valence-corrected chi connectivity index (χ2v) is 6.68. The molecule has 0 bridgehead atoms. The molecule has 2 heterocycles. The number of piperidine rings is 1. The van der Waals surface area contributed by atoms with Crippen molar-refractivity contribution >= 4 is 0 Å². The van der Waals surface area contributed by atoms with Crippen molar-refractivity contribution in [3.05, 3.63) is 36.4 Å². The van der Waals surface area contributed by atoms with Crippen molar-refractivity contribution in [2.45, 2.75) is 63.0 Å². The monoisotopic (exact) mass is 287 g/mol. The number of hydrogen-bond donors (Lipinski definition) is 0. The zero-order chi connectivity index (χ0) is 14.4. The molecule has 2 aliphatic heterocycles. The Bertz CT molecular complexity index is 369. The van der Waals surface area contributed by atoms with Crippen LogP contribution >= 0.6 is 0 Å². The zero-order valence-electron chi connectivity index (χ0n) is 13.2. The normalized spacial score (nSPS) is 32.9. The molecule has 0 N–H and O–H groups in total. The van der Waals surface area contributed by atoms with Crippen molar-refractivity contribution in [3.8, 4) is 0 Å². The average Bonchev–Trinajstić information content (AvgIpc) is 2.56. The van der Waals surface area contributed by atoms with Gasteiger partial charge >= 0.3 is 0 Å². The van der Waals surface area contributed by atoms with Gasteiger partial charge in [0.1, 0.15) is 0 Å². The number of hydrogen-bond acceptors (Lipinski definition) is 2. The third-order valence-electron chi connectivity index (χ3n) is 5.35. The highest BCUT2D eigenvalue weighted by Gasteiger charge is 2.49. The predicted molar refractivity (Wildman–Crippen MR) is 87.4 cm³/mol. The minimum absolute atomic E-state index is 0.301. The highest BCUT2D eigenvalue weighted by atomic mass is 16.5. The van der Waals surface area contributed by atoms with E-state index in [1.165, 1.54) is 64.5 Å². The molecular formula is C19H29NO. The molecule has 2 unspecified atom stereocenters. The van der Waals surface area contributed by atoms with Crippen LogP contribution in [-0.4, -0.2) is 36.2 Å². The first kappa shape index (κ1) is 15.1. The first-order valence-electron chi connectivity index (χ1n) is 8.79. The van der Waals surface area contributed by atoms with Crippen molar-refractivity contribution in [2.24, 2.45) is 0 Å². The van der Waals surface area contributed by atoms with Crippen molar-refractivity contribution < 1.29 is 4.74 Å². The lowest BCUT2D eigenvalue weighted by Gasteiger charge is -2.54. The van der Waals surface area contributed by atoms with Gasteiger partial charge in [-0.3, -0.25) is 4.90 Å². The van der Waals surface area contributed by atoms with E-state index in [4.69, 9.17) is 4.74 Å². The predicted octanol–water partition coefficient (Wildman–Crippen LogP) is 4.26. The van der Waals surface area contributed by atoms with Gasteiger partial charge in [-0.05, 0) is 38.8 Å². The van der Waals surface area contributed by atoms with E-state index in [0.717, 1.165) is 12.6 Å². The highest BCUT2D eigenvalue weighted by molar-refractivity contribution is 5.02. The molecule has 0 radical (unpaired) electrons. The van der Waals surface area contributed by atoms with Crippen LogP contribution in [-0.2, 0) is 4.74 Å². The molecule has 1 saturated carbocycles. The minimum atomic E-state index is 0.301. The summed E-state index contributed by atoms with van der Waals surface area (Å²) in [5.41, 5.74) is 0.301. The Morgan fingerprint density at radius 1 is 0.762 bits per heavy atom. The molecule has 21 heavy (non-hydrogen) atoms. The van der Waals surface area contributed by atoms with E-state index < -0.39 is 0 Å². The van der Waals surface area contributed by atoms with Crippen LogP contribution in [0.2, 0.25) is 0 Å². The topological polar surface area (TPSA) is 12.5 Å². The molecule has 2 atom stereocenters. The maximum Gasteiger partial charge on any atom is 0.0858 e. The Balaban J connectivity index is 0.000000186. The number of likely N-dealkylation sites (tertiary alicyclic amines) is 1. The Labute approximate surface area is 129 Å². The molecule has 2 saturated heterocycles. The summed E-state index contributed by atoms with van der Waals surface area (Å²) in [6.45, 7) is 3.68. The molecule has 116 valence electrons. The van der Waals surface area contributed by atoms with E-state index in [-0.39, 0.29) is 0 Å². The molecule has 2 heteroatoms. The number of nitrogens with zero attached hydrogens (tertiary/aromatic N) is 1. The van der Waals surface area contributed by atoms with Crippen LogP contribution < -0.4 is 0 Å². The van der Waals surface area contributed by atoms with Gasteiger partial charge in [-0.15, -0.1) is 0 Å². The molecule has 3 aliphatic rings. The van der Waals surface area contributed by atoms with Crippen LogP contribution in [0.3, 0.4) is 0 Å². The van der Waals surface area contributed by atoms with Crippen LogP contribution in [0, 0.1) is 0 Å². The third-order valence-corrected chi connectivity index (χ3v) is 5.35. The third kappa shape index (κ3) is 3.67. The second kappa shape index (κ2) is 7.42. The summed E-state index contributed by atoms with van der Waals surface area (Å²) < 4.78 is 5.98. The fraction of sp³-hybridized carbons (Fsp3) is 0.684. The van der Waals surface area contributed by atoms with E-state index in [1.54, 1.807) is 0 Å². The van der Waals surface area contributed by atoms with Crippen LogP contribution in [0.25, 0.3) is 0 Å². The molecule has 0 amide bonds. The van der Waals surface area contributed by atoms with Crippen LogP contribution in [0.1, 0.15) is 51.4 Å². The first-order valence-corrected chi connectivity index (χ1v) is 8.79. The largest absolute Gasteiger partial charge is 0.373 e. The van der Waals surface area contributed by atoms with E-state index in [0.29, 0.717) is 5.60 Å². The Morgan fingerprint density at radius 3 is 1.90 bits per heavy atom. The van der Waals surface area contributed by atoms with Crippen LogP contribution in [0.4, 0.5) is 0 Å². The maximum absolute atomic E-state index is 5.98. The quantitative estimate of drug-likeness (QED) is 0.765. The van der Waals surface area contributed by atoms with Crippen molar-refractivity contribution in [1.29, 1.82) is 0 Å². The van der Waals surface area contributed by atoms with Crippen molar-refractivity contribution in [2.75, 3.05) is 19.7 Å². The summed E-state index contributed by atoms with van der Waals surface area (Å²) in [4.78, 5) is 2.74. The second-order valence-electron chi connectivity index (χ2n) is 6.68. The summed E-state index contributed by atoms with van der Waals surface area (Å²) in [6, 6.07) is 12.8. The van der Waals surface area contributed by atoms with Crippen LogP contribution in [0.5, 0.6) is 0 Å². The fourth-order valence-corrected chi connectivity index (χ4v) is 4.15. The van der Waals surface area contributed by atoms with E-state index in [9.17, 15) is 0 Å². The number of ether oxygens (including phenoxy) is 1. The van der Waals surface area contributed by atoms with Gasteiger partial charge in [0.05, 0.1) is 12.2 Å². The average molecular weight is 287 g/mol. The molecule has 4 rings (SSSR count). The Hall–Kier alpha value is -0.860. The van der Waals surface area contributed by atoms with Gasteiger partial charge in [0.2, 0.25) is 0 Å². The van der Waals surface area contributed by atoms with Gasteiger partial charge < -0.3 is 4.74 Å². The van der Waals surface area contributed by atoms with Crippen LogP contribution in [0.15, 0.2) is 36.4 Å².